The maximum Gasteiger partial charge on any atom is 0.416 e. The first kappa shape index (κ1) is 23.3. The predicted molar refractivity (Wildman–Crippen MR) is 110 cm³/mol. The Bertz CT molecular complexity index is 1160. The molecule has 9 heteroatoms. The van der Waals surface area contributed by atoms with Crippen LogP contribution in [-0.2, 0) is 15.7 Å². The van der Waals surface area contributed by atoms with Crippen LogP contribution in [-0.4, -0.2) is 25.3 Å². The molecule has 0 unspecified atom stereocenters. The van der Waals surface area contributed by atoms with Gasteiger partial charge in [-0.2, -0.15) is 13.2 Å². The molecule has 0 bridgehead atoms. The van der Waals surface area contributed by atoms with E-state index in [0.717, 1.165) is 12.1 Å². The molecule has 0 saturated carbocycles. The van der Waals surface area contributed by atoms with Crippen molar-refractivity contribution in [1.29, 1.82) is 0 Å². The molecule has 0 spiro atoms. The summed E-state index contributed by atoms with van der Waals surface area (Å²) in [4.78, 5) is 11.4. The molecule has 0 atom stereocenters. The van der Waals surface area contributed by atoms with E-state index in [9.17, 15) is 22.4 Å². The van der Waals surface area contributed by atoms with Gasteiger partial charge in [0.15, 0.2) is 5.58 Å². The van der Waals surface area contributed by atoms with Crippen LogP contribution in [0.1, 0.15) is 41.5 Å². The number of methoxy groups -OCH3 is 2. The van der Waals surface area contributed by atoms with E-state index in [1.807, 2.05) is 0 Å². The first-order valence-corrected chi connectivity index (χ1v) is 9.73. The lowest BCUT2D eigenvalue weighted by atomic mass is 9.92. The van der Waals surface area contributed by atoms with Crippen LogP contribution in [0.25, 0.3) is 16.5 Å². The van der Waals surface area contributed by atoms with Crippen molar-refractivity contribution >= 4 is 22.5 Å². The summed E-state index contributed by atoms with van der Waals surface area (Å²) in [6.45, 7) is 1.76. The number of ether oxygens (including phenoxy) is 2. The monoisotopic (exact) mass is 451 g/mol. The maximum absolute atomic E-state index is 14.1. The van der Waals surface area contributed by atoms with Crippen LogP contribution in [0.4, 0.5) is 17.6 Å². The number of benzene rings is 2. The van der Waals surface area contributed by atoms with Gasteiger partial charge in [0.1, 0.15) is 5.82 Å². The lowest BCUT2D eigenvalue weighted by molar-refractivity contribution is -0.140. The standard InChI is InChI=1S/C23H21F4NO4/c1-13-8-14(11-19-21(13)32-28-22(19)31-3)18(6-4-5-7-20(29)30-2)15-9-16(23(25,26)27)12-17(24)10-15/h6,8-12H,4-5,7H2,1-3H3/b18-6-. The van der Waals surface area contributed by atoms with Crippen LogP contribution < -0.4 is 4.74 Å². The molecule has 0 amide bonds. The highest BCUT2D eigenvalue weighted by Gasteiger charge is 2.31. The molecule has 0 fully saturated rings. The molecule has 0 aliphatic rings. The van der Waals surface area contributed by atoms with Gasteiger partial charge in [-0.05, 0) is 77.5 Å². The van der Waals surface area contributed by atoms with Crippen molar-refractivity contribution in [3.8, 4) is 5.88 Å². The van der Waals surface area contributed by atoms with Gasteiger partial charge in [0.25, 0.3) is 5.88 Å². The smallest absolute Gasteiger partial charge is 0.416 e. The Kier molecular flexibility index (Phi) is 6.86. The molecule has 0 radical (unpaired) electrons. The summed E-state index contributed by atoms with van der Waals surface area (Å²) in [5.74, 6) is -1.17. The molecule has 0 N–H and O–H groups in total. The van der Waals surface area contributed by atoms with Gasteiger partial charge >= 0.3 is 12.1 Å². The second-order valence-electron chi connectivity index (χ2n) is 7.17. The van der Waals surface area contributed by atoms with E-state index in [2.05, 4.69) is 9.89 Å². The topological polar surface area (TPSA) is 61.6 Å². The van der Waals surface area contributed by atoms with Crippen LogP contribution in [0, 0.1) is 12.7 Å². The molecule has 3 rings (SSSR count). The molecule has 3 aromatic rings. The number of aryl methyl sites for hydroxylation is 1. The highest BCUT2D eigenvalue weighted by molar-refractivity contribution is 5.91. The summed E-state index contributed by atoms with van der Waals surface area (Å²) in [6.07, 6.45) is -2.10. The Morgan fingerprint density at radius 1 is 1.12 bits per heavy atom. The summed E-state index contributed by atoms with van der Waals surface area (Å²) in [6, 6.07) is 5.79. The number of carbonyl (C=O) groups is 1. The predicted octanol–water partition coefficient (Wildman–Crippen LogP) is 6.08. The van der Waals surface area contributed by atoms with Gasteiger partial charge in [-0.25, -0.2) is 4.39 Å². The lowest BCUT2D eigenvalue weighted by Gasteiger charge is -2.14. The minimum absolute atomic E-state index is 0.0598. The summed E-state index contributed by atoms with van der Waals surface area (Å²) < 4.78 is 69.1. The number of unbranched alkanes of at least 4 members (excludes halogenated alkanes) is 1. The van der Waals surface area contributed by atoms with Gasteiger partial charge in [0.05, 0.1) is 25.2 Å². The first-order chi connectivity index (χ1) is 15.1. The number of halogens is 4. The van der Waals surface area contributed by atoms with Crippen molar-refractivity contribution in [3.63, 3.8) is 0 Å². The summed E-state index contributed by atoms with van der Waals surface area (Å²) >= 11 is 0. The number of hydrogen-bond donors (Lipinski definition) is 0. The largest absolute Gasteiger partial charge is 0.478 e. The van der Waals surface area contributed by atoms with Gasteiger partial charge in [0.2, 0.25) is 0 Å². The highest BCUT2D eigenvalue weighted by Crippen LogP contribution is 2.36. The van der Waals surface area contributed by atoms with Gasteiger partial charge in [-0.15, -0.1) is 0 Å². The van der Waals surface area contributed by atoms with Crippen LogP contribution in [0.15, 0.2) is 40.9 Å². The van der Waals surface area contributed by atoms with Crippen LogP contribution in [0.5, 0.6) is 5.88 Å². The van der Waals surface area contributed by atoms with E-state index in [1.54, 1.807) is 25.1 Å². The van der Waals surface area contributed by atoms with E-state index in [4.69, 9.17) is 9.26 Å². The molecule has 5 nitrogen and oxygen atoms in total. The zero-order chi connectivity index (χ0) is 23.5. The number of aromatic nitrogens is 1. The van der Waals surface area contributed by atoms with Gasteiger partial charge < -0.3 is 14.0 Å². The third-order valence-electron chi connectivity index (χ3n) is 4.93. The number of allylic oxidation sites excluding steroid dienone is 1. The molecule has 1 aromatic heterocycles. The molecule has 1 heterocycles. The van der Waals surface area contributed by atoms with Gasteiger partial charge in [0, 0.05) is 6.42 Å². The number of carbonyl (C=O) groups excluding carboxylic acids is 1. The van der Waals surface area contributed by atoms with Crippen LogP contribution in [0.3, 0.4) is 0 Å². The fourth-order valence-electron chi connectivity index (χ4n) is 3.40. The number of alkyl halides is 3. The van der Waals surface area contributed by atoms with E-state index < -0.39 is 23.5 Å². The fourth-order valence-corrected chi connectivity index (χ4v) is 3.40. The Morgan fingerprint density at radius 3 is 2.50 bits per heavy atom. The molecule has 0 aliphatic heterocycles. The number of rotatable bonds is 7. The Hall–Kier alpha value is -3.36. The summed E-state index contributed by atoms with van der Waals surface area (Å²) in [7, 11) is 2.70. The minimum atomic E-state index is -4.70. The quantitative estimate of drug-likeness (QED) is 0.248. The lowest BCUT2D eigenvalue weighted by Crippen LogP contribution is -2.06. The molecular weight excluding hydrogens is 430 g/mol. The zero-order valence-electron chi connectivity index (χ0n) is 17.7. The zero-order valence-corrected chi connectivity index (χ0v) is 17.7. The highest BCUT2D eigenvalue weighted by atomic mass is 19.4. The molecular formula is C23H21F4NO4. The molecule has 2 aromatic carbocycles. The van der Waals surface area contributed by atoms with E-state index >= 15 is 0 Å². The SMILES string of the molecule is COC(=O)CCC/C=C(\c1cc(F)cc(C(F)(F)F)c1)c1cc(C)c2onc(OC)c2c1. The Labute approximate surface area is 181 Å². The summed E-state index contributed by atoms with van der Waals surface area (Å²) in [5.41, 5.74) is 1.05. The van der Waals surface area contributed by atoms with Crippen molar-refractivity contribution in [3.05, 3.63) is 64.5 Å². The van der Waals surface area contributed by atoms with Crippen molar-refractivity contribution < 1.29 is 36.4 Å². The van der Waals surface area contributed by atoms with E-state index in [-0.39, 0.29) is 17.9 Å². The average molecular weight is 451 g/mol. The number of nitrogens with zero attached hydrogens (tertiary/aromatic N) is 1. The van der Waals surface area contributed by atoms with Gasteiger partial charge in [-0.1, -0.05) is 6.08 Å². The fraction of sp³-hybridized carbons (Fsp3) is 0.304. The van der Waals surface area contributed by atoms with Gasteiger partial charge in [-0.3, -0.25) is 4.79 Å². The molecule has 0 saturated heterocycles. The van der Waals surface area contributed by atoms with Crippen molar-refractivity contribution in [2.45, 2.75) is 32.4 Å². The normalized spacial score (nSPS) is 12.3. The number of hydrogen-bond acceptors (Lipinski definition) is 5. The summed E-state index contributed by atoms with van der Waals surface area (Å²) in [5, 5.41) is 4.37. The third kappa shape index (κ3) is 5.09. The minimum Gasteiger partial charge on any atom is -0.478 e. The Morgan fingerprint density at radius 2 is 1.84 bits per heavy atom. The van der Waals surface area contributed by atoms with Crippen LogP contribution in [0.2, 0.25) is 0 Å². The second kappa shape index (κ2) is 9.42. The van der Waals surface area contributed by atoms with Crippen LogP contribution >= 0.6 is 0 Å². The third-order valence-corrected chi connectivity index (χ3v) is 4.93. The van der Waals surface area contributed by atoms with Crippen molar-refractivity contribution in [2.75, 3.05) is 14.2 Å². The van der Waals surface area contributed by atoms with E-state index in [0.29, 0.717) is 46.6 Å². The number of esters is 1. The average Bonchev–Trinajstić information content (AvgIpc) is 3.16. The van der Waals surface area contributed by atoms with Crippen molar-refractivity contribution in [2.24, 2.45) is 0 Å². The molecule has 32 heavy (non-hydrogen) atoms. The second-order valence-corrected chi connectivity index (χ2v) is 7.17. The first-order valence-electron chi connectivity index (χ1n) is 9.73. The molecule has 0 aliphatic carbocycles. The Balaban J connectivity index is 2.13. The molecule has 170 valence electrons. The van der Waals surface area contributed by atoms with Crippen molar-refractivity contribution in [1.82, 2.24) is 5.16 Å². The van der Waals surface area contributed by atoms with E-state index in [1.165, 1.54) is 14.2 Å². The number of fused-ring (bicyclic) bond motifs is 1. The maximum atomic E-state index is 14.1.